The van der Waals surface area contributed by atoms with Gasteiger partial charge < -0.3 is 20.6 Å². The minimum absolute atomic E-state index is 0. The van der Waals surface area contributed by atoms with Crippen LogP contribution >= 0.6 is 0 Å². The van der Waals surface area contributed by atoms with Gasteiger partial charge in [-0.1, -0.05) is 71.8 Å². The van der Waals surface area contributed by atoms with Gasteiger partial charge in [-0.3, -0.25) is 8.78 Å². The van der Waals surface area contributed by atoms with Crippen molar-refractivity contribution in [3.05, 3.63) is 177 Å². The van der Waals surface area contributed by atoms with E-state index in [-0.39, 0.29) is 55.0 Å². The number of pyridine rings is 2. The zero-order valence-corrected chi connectivity index (χ0v) is 32.3. The Morgan fingerprint density at radius 1 is 0.429 bits per heavy atom. The average Bonchev–Trinajstić information content (AvgIpc) is 3.16. The number of benzene rings is 2. The Morgan fingerprint density at radius 2 is 0.746 bits per heavy atom. The van der Waals surface area contributed by atoms with Crippen molar-refractivity contribution in [1.29, 1.82) is 0 Å². The molecule has 0 saturated carbocycles. The molecule has 0 atom stereocenters. The van der Waals surface area contributed by atoms with Gasteiger partial charge in [-0.15, -0.1) is 24.3 Å². The third kappa shape index (κ3) is 14.1. The average molecular weight is 1100 g/mol. The van der Waals surface area contributed by atoms with Crippen LogP contribution in [0.3, 0.4) is 0 Å². The van der Waals surface area contributed by atoms with Gasteiger partial charge in [-0.25, -0.2) is 0 Å². The molecule has 63 heavy (non-hydrogen) atoms. The molecule has 0 N–H and O–H groups in total. The van der Waals surface area contributed by atoms with Crippen molar-refractivity contribution >= 4 is 0 Å². The predicted molar refractivity (Wildman–Crippen MR) is 177 cm³/mol. The SMILES string of the molecule is FC(F)(F)C1=CC(=C2C=C(C(F)(F)F)C=C[N-]2)[N-]C=C1.Fc1cc(C(F)(F)F)c[c-]c1-c1ccc(C(F)(F)F)cn1.Fc1cc(C(F)(F)F)c[c-]c1-c1ccc(C(F)(F)F)cn1.[Ir]. The van der Waals surface area contributed by atoms with E-state index in [4.69, 9.17) is 0 Å². The van der Waals surface area contributed by atoms with Gasteiger partial charge in [0, 0.05) is 44.1 Å². The monoisotopic (exact) mass is 1100 g/mol. The zero-order valence-electron chi connectivity index (χ0n) is 29.9. The summed E-state index contributed by atoms with van der Waals surface area (Å²) < 4.78 is 251. The summed E-state index contributed by atoms with van der Waals surface area (Å²) >= 11 is 0. The number of aromatic nitrogens is 2. The fourth-order valence-corrected chi connectivity index (χ4v) is 4.57. The summed E-state index contributed by atoms with van der Waals surface area (Å²) in [6.45, 7) is 0. The van der Waals surface area contributed by atoms with E-state index < -0.39 is 93.2 Å². The van der Waals surface area contributed by atoms with E-state index in [1.54, 1.807) is 0 Å². The molecule has 0 amide bonds. The number of halogens is 20. The van der Waals surface area contributed by atoms with Crippen LogP contribution in [-0.2, 0) is 44.8 Å². The summed E-state index contributed by atoms with van der Waals surface area (Å²) in [5.74, 6) is -2.53. The fourth-order valence-electron chi connectivity index (χ4n) is 4.57. The topological polar surface area (TPSA) is 54.0 Å². The molecule has 341 valence electrons. The van der Waals surface area contributed by atoms with Gasteiger partial charge in [0.05, 0.1) is 22.3 Å². The summed E-state index contributed by atoms with van der Waals surface area (Å²) in [4.78, 5) is 6.79. The van der Waals surface area contributed by atoms with Crippen LogP contribution in [0.1, 0.15) is 22.3 Å². The molecular weight excluding hydrogens is 1080 g/mol. The molecule has 2 aliphatic rings. The van der Waals surface area contributed by atoms with E-state index in [9.17, 15) is 87.8 Å². The molecule has 2 aromatic carbocycles. The number of nitrogens with zero attached hydrogens (tertiary/aromatic N) is 4. The molecule has 0 saturated heterocycles. The molecule has 0 spiro atoms. The van der Waals surface area contributed by atoms with E-state index in [0.29, 0.717) is 48.8 Å². The standard InChI is InChI=1S/2C13H5F7N.C12H6F6N2.Ir/c2*14-10-5-7(12(15,16)17)1-3-9(10)11-4-2-8(6-21-11)13(18,19)20;13-11(14,15)7-1-3-19-9(5-7)10-6-8(2-4-20-10)12(16,17)18;/h2*1-2,4-6H;1-6H;/q2*-1;-2;. The van der Waals surface area contributed by atoms with Crippen molar-refractivity contribution in [2.75, 3.05) is 0 Å². The Hall–Kier alpha value is -5.71. The number of rotatable bonds is 2. The largest absolute Gasteiger partial charge is 0.665 e. The second-order valence-electron chi connectivity index (χ2n) is 11.9. The minimum Gasteiger partial charge on any atom is -0.665 e. The maximum Gasteiger partial charge on any atom is 0.417 e. The smallest absolute Gasteiger partial charge is 0.417 e. The van der Waals surface area contributed by atoms with Gasteiger partial charge in [0.2, 0.25) is 0 Å². The van der Waals surface area contributed by atoms with E-state index in [0.717, 1.165) is 36.7 Å². The molecule has 1 radical (unpaired) electrons. The summed E-state index contributed by atoms with van der Waals surface area (Å²) in [7, 11) is 0. The van der Waals surface area contributed by atoms with Gasteiger partial charge in [0.15, 0.2) is 0 Å². The number of hydrogen-bond donors (Lipinski definition) is 0. The van der Waals surface area contributed by atoms with E-state index in [1.165, 1.54) is 0 Å². The van der Waals surface area contributed by atoms with Crippen LogP contribution in [0, 0.1) is 23.8 Å². The van der Waals surface area contributed by atoms with E-state index >= 15 is 0 Å². The molecule has 4 heterocycles. The van der Waals surface area contributed by atoms with Crippen molar-refractivity contribution in [1.82, 2.24) is 9.97 Å². The van der Waals surface area contributed by atoms with Crippen molar-refractivity contribution < 1.29 is 108 Å². The van der Waals surface area contributed by atoms with Crippen LogP contribution in [0.5, 0.6) is 0 Å². The van der Waals surface area contributed by atoms with Gasteiger partial charge in [0.1, 0.15) is 0 Å². The van der Waals surface area contributed by atoms with Gasteiger partial charge >= 0.3 is 37.1 Å². The number of hydrogen-bond acceptors (Lipinski definition) is 2. The van der Waals surface area contributed by atoms with Crippen LogP contribution in [0.15, 0.2) is 120 Å². The van der Waals surface area contributed by atoms with E-state index in [2.05, 4.69) is 20.6 Å². The first-order valence-electron chi connectivity index (χ1n) is 16.1. The normalized spacial score (nSPS) is 15.6. The zero-order chi connectivity index (χ0) is 46.6. The van der Waals surface area contributed by atoms with Crippen LogP contribution in [0.4, 0.5) is 87.8 Å². The summed E-state index contributed by atoms with van der Waals surface area (Å²) in [5.41, 5.74) is -8.46. The Kier molecular flexibility index (Phi) is 15.9. The maximum absolute atomic E-state index is 13.6. The Morgan fingerprint density at radius 3 is 0.984 bits per heavy atom. The van der Waals surface area contributed by atoms with E-state index in [1.807, 2.05) is 12.1 Å². The van der Waals surface area contributed by atoms with Crippen molar-refractivity contribution in [2.24, 2.45) is 0 Å². The molecule has 0 bridgehead atoms. The third-order valence-electron chi connectivity index (χ3n) is 7.57. The van der Waals surface area contributed by atoms with Gasteiger partial charge in [0.25, 0.3) is 0 Å². The summed E-state index contributed by atoms with van der Waals surface area (Å²) in [5, 5.41) is 7.23. The molecular formula is C38H16F20IrN4-4. The Balaban J connectivity index is 0.000000250. The maximum atomic E-state index is 13.6. The second kappa shape index (κ2) is 19.4. The quantitative estimate of drug-likeness (QED) is 0.148. The predicted octanol–water partition coefficient (Wildman–Crippen LogP) is 14.4. The third-order valence-corrected chi connectivity index (χ3v) is 7.57. The van der Waals surface area contributed by atoms with Crippen LogP contribution in [0.2, 0.25) is 0 Å². The molecule has 2 aliphatic heterocycles. The number of allylic oxidation sites excluding steroid dienone is 6. The molecule has 0 aliphatic carbocycles. The molecule has 4 aromatic rings. The molecule has 0 unspecified atom stereocenters. The first-order valence-corrected chi connectivity index (χ1v) is 16.1. The van der Waals surface area contributed by atoms with Crippen molar-refractivity contribution in [2.45, 2.75) is 37.1 Å². The first-order chi connectivity index (χ1) is 28.4. The molecule has 2 aromatic heterocycles. The second-order valence-corrected chi connectivity index (χ2v) is 11.9. The molecule has 0 fully saturated rings. The molecule has 6 rings (SSSR count). The Labute approximate surface area is 353 Å². The van der Waals surface area contributed by atoms with Gasteiger partial charge in [-0.05, 0) is 22.5 Å². The van der Waals surface area contributed by atoms with Gasteiger partial charge in [-0.2, -0.15) is 103 Å². The minimum atomic E-state index is -4.73. The fraction of sp³-hybridized carbons (Fsp3) is 0.158. The molecule has 4 nitrogen and oxygen atoms in total. The van der Waals surface area contributed by atoms with Crippen molar-refractivity contribution in [3.8, 4) is 22.5 Å². The summed E-state index contributed by atoms with van der Waals surface area (Å²) in [6, 6.07) is 8.65. The first kappa shape index (κ1) is 51.6. The van der Waals surface area contributed by atoms with Crippen LogP contribution in [-0.4, -0.2) is 22.3 Å². The van der Waals surface area contributed by atoms with Crippen LogP contribution < -0.4 is 0 Å². The number of alkyl halides is 18. The Bertz CT molecular complexity index is 2210. The molecule has 25 heteroatoms. The van der Waals surface area contributed by atoms with Crippen molar-refractivity contribution in [3.63, 3.8) is 0 Å². The summed E-state index contributed by atoms with van der Waals surface area (Å²) in [6.07, 6.45) is -22.4. The van der Waals surface area contributed by atoms with Crippen LogP contribution in [0.25, 0.3) is 33.1 Å².